The number of rotatable bonds is 4. The zero-order valence-corrected chi connectivity index (χ0v) is 12.0. The SMILES string of the molecule is COc1ccc(F)cc1NS(=O)(=O)c1ccc(Cl)cc1. The molecule has 4 nitrogen and oxygen atoms in total. The number of benzene rings is 2. The van der Waals surface area contributed by atoms with Crippen molar-refractivity contribution >= 4 is 27.3 Å². The molecule has 106 valence electrons. The number of sulfonamides is 1. The number of hydrogen-bond donors (Lipinski definition) is 1. The van der Waals surface area contributed by atoms with Crippen molar-refractivity contribution in [3.05, 3.63) is 53.3 Å². The normalized spacial score (nSPS) is 11.2. The number of hydrogen-bond acceptors (Lipinski definition) is 3. The summed E-state index contributed by atoms with van der Waals surface area (Å²) in [6, 6.07) is 9.20. The van der Waals surface area contributed by atoms with E-state index < -0.39 is 15.8 Å². The highest BCUT2D eigenvalue weighted by atomic mass is 35.5. The molecular formula is C13H11ClFNO3S. The van der Waals surface area contributed by atoms with Crippen molar-refractivity contribution in [1.29, 1.82) is 0 Å². The van der Waals surface area contributed by atoms with Crippen LogP contribution in [0.3, 0.4) is 0 Å². The van der Waals surface area contributed by atoms with E-state index in [2.05, 4.69) is 4.72 Å². The second kappa shape index (κ2) is 5.68. The van der Waals surface area contributed by atoms with Crippen LogP contribution in [0.5, 0.6) is 5.75 Å². The van der Waals surface area contributed by atoms with Crippen molar-refractivity contribution in [2.45, 2.75) is 4.90 Å². The molecule has 0 saturated carbocycles. The maximum absolute atomic E-state index is 13.2. The first-order valence-corrected chi connectivity index (χ1v) is 7.40. The van der Waals surface area contributed by atoms with Gasteiger partial charge in [-0.15, -0.1) is 0 Å². The van der Waals surface area contributed by atoms with Crippen molar-refractivity contribution in [3.63, 3.8) is 0 Å². The first-order chi connectivity index (χ1) is 9.42. The molecule has 2 rings (SSSR count). The molecule has 0 aliphatic carbocycles. The molecule has 7 heteroatoms. The molecule has 0 aromatic heterocycles. The fourth-order valence-corrected chi connectivity index (χ4v) is 2.76. The first-order valence-electron chi connectivity index (χ1n) is 5.54. The van der Waals surface area contributed by atoms with Crippen LogP contribution < -0.4 is 9.46 Å². The molecule has 0 amide bonds. The Morgan fingerprint density at radius 2 is 1.80 bits per heavy atom. The summed E-state index contributed by atoms with van der Waals surface area (Å²) in [7, 11) is -2.47. The fourth-order valence-electron chi connectivity index (χ4n) is 1.58. The Balaban J connectivity index is 2.37. The quantitative estimate of drug-likeness (QED) is 0.942. The summed E-state index contributed by atoms with van der Waals surface area (Å²) in [5.41, 5.74) is 0.0300. The predicted octanol–water partition coefficient (Wildman–Crippen LogP) is 3.29. The first kappa shape index (κ1) is 14.6. The molecule has 2 aromatic rings. The monoisotopic (exact) mass is 315 g/mol. The lowest BCUT2D eigenvalue weighted by molar-refractivity contribution is 0.416. The van der Waals surface area contributed by atoms with E-state index in [1.165, 1.54) is 43.5 Å². The number of ether oxygens (including phenoxy) is 1. The van der Waals surface area contributed by atoms with Crippen molar-refractivity contribution in [2.24, 2.45) is 0 Å². The predicted molar refractivity (Wildman–Crippen MR) is 75.2 cm³/mol. The molecule has 2 aromatic carbocycles. The summed E-state index contributed by atoms with van der Waals surface area (Å²) in [4.78, 5) is 0.0215. The van der Waals surface area contributed by atoms with Gasteiger partial charge in [-0.25, -0.2) is 12.8 Å². The topological polar surface area (TPSA) is 55.4 Å². The van der Waals surface area contributed by atoms with Crippen molar-refractivity contribution in [2.75, 3.05) is 11.8 Å². The van der Waals surface area contributed by atoms with Gasteiger partial charge in [0.15, 0.2) is 0 Å². The molecule has 0 bridgehead atoms. The minimum Gasteiger partial charge on any atom is -0.495 e. The molecule has 0 atom stereocenters. The van der Waals surface area contributed by atoms with Gasteiger partial charge in [0.05, 0.1) is 17.7 Å². The van der Waals surface area contributed by atoms with E-state index in [9.17, 15) is 12.8 Å². The largest absolute Gasteiger partial charge is 0.495 e. The van der Waals surface area contributed by atoms with Crippen LogP contribution in [0.1, 0.15) is 0 Å². The average Bonchev–Trinajstić information content (AvgIpc) is 2.39. The molecule has 0 unspecified atom stereocenters. The minimum atomic E-state index is -3.83. The second-order valence-electron chi connectivity index (χ2n) is 3.90. The zero-order chi connectivity index (χ0) is 14.8. The zero-order valence-electron chi connectivity index (χ0n) is 10.4. The number of nitrogens with one attached hydrogen (secondary N) is 1. The van der Waals surface area contributed by atoms with Crippen molar-refractivity contribution in [1.82, 2.24) is 0 Å². The Bertz CT molecular complexity index is 717. The van der Waals surface area contributed by atoms with Gasteiger partial charge in [0, 0.05) is 11.1 Å². The van der Waals surface area contributed by atoms with Crippen LogP contribution in [-0.4, -0.2) is 15.5 Å². The molecule has 1 N–H and O–H groups in total. The van der Waals surface area contributed by atoms with E-state index in [0.717, 1.165) is 6.07 Å². The number of methoxy groups -OCH3 is 1. The van der Waals surface area contributed by atoms with Gasteiger partial charge >= 0.3 is 0 Å². The summed E-state index contributed by atoms with van der Waals surface area (Å²) in [6.45, 7) is 0. The van der Waals surface area contributed by atoms with Gasteiger partial charge in [-0.05, 0) is 36.4 Å². The third-order valence-corrected chi connectivity index (χ3v) is 4.16. The van der Waals surface area contributed by atoms with E-state index in [0.29, 0.717) is 5.02 Å². The van der Waals surface area contributed by atoms with Gasteiger partial charge in [-0.3, -0.25) is 4.72 Å². The third kappa shape index (κ3) is 3.20. The highest BCUT2D eigenvalue weighted by Crippen LogP contribution is 2.27. The summed E-state index contributed by atoms with van der Waals surface area (Å²) < 4.78 is 44.8. The lowest BCUT2D eigenvalue weighted by Crippen LogP contribution is -2.13. The van der Waals surface area contributed by atoms with Crippen LogP contribution in [-0.2, 0) is 10.0 Å². The standard InChI is InChI=1S/C13H11ClFNO3S/c1-19-13-7-4-10(15)8-12(13)16-20(17,18)11-5-2-9(14)3-6-11/h2-8,16H,1H3. The van der Waals surface area contributed by atoms with Gasteiger partial charge in [0.2, 0.25) is 0 Å². The van der Waals surface area contributed by atoms with E-state index in [-0.39, 0.29) is 16.3 Å². The number of halogens is 2. The van der Waals surface area contributed by atoms with E-state index in [4.69, 9.17) is 16.3 Å². The molecule has 20 heavy (non-hydrogen) atoms. The average molecular weight is 316 g/mol. The van der Waals surface area contributed by atoms with E-state index in [1.807, 2.05) is 0 Å². The Morgan fingerprint density at radius 1 is 1.15 bits per heavy atom. The second-order valence-corrected chi connectivity index (χ2v) is 6.02. The lowest BCUT2D eigenvalue weighted by Gasteiger charge is -2.11. The Hall–Kier alpha value is -1.79. The maximum atomic E-state index is 13.2. The Labute approximate surface area is 121 Å². The summed E-state index contributed by atoms with van der Waals surface area (Å²) in [5, 5.41) is 0.423. The highest BCUT2D eigenvalue weighted by Gasteiger charge is 2.16. The molecule has 0 radical (unpaired) electrons. The number of anilines is 1. The molecular weight excluding hydrogens is 305 g/mol. The van der Waals surface area contributed by atoms with E-state index in [1.54, 1.807) is 0 Å². The molecule has 0 spiro atoms. The Morgan fingerprint density at radius 3 is 2.40 bits per heavy atom. The molecule has 0 heterocycles. The molecule has 0 fully saturated rings. The summed E-state index contributed by atoms with van der Waals surface area (Å²) >= 11 is 5.71. The molecule has 0 aliphatic rings. The van der Waals surface area contributed by atoms with Crippen molar-refractivity contribution < 1.29 is 17.5 Å². The minimum absolute atomic E-state index is 0.0215. The van der Waals surface area contributed by atoms with Crippen LogP contribution in [0.25, 0.3) is 0 Å². The van der Waals surface area contributed by atoms with Crippen LogP contribution in [0, 0.1) is 5.82 Å². The summed E-state index contributed by atoms with van der Waals surface area (Å²) in [5.74, 6) is -0.344. The van der Waals surface area contributed by atoms with Crippen LogP contribution in [0.4, 0.5) is 10.1 Å². The van der Waals surface area contributed by atoms with E-state index >= 15 is 0 Å². The maximum Gasteiger partial charge on any atom is 0.262 e. The van der Waals surface area contributed by atoms with Crippen LogP contribution >= 0.6 is 11.6 Å². The lowest BCUT2D eigenvalue weighted by atomic mass is 10.3. The molecule has 0 aliphatic heterocycles. The highest BCUT2D eigenvalue weighted by molar-refractivity contribution is 7.92. The third-order valence-electron chi connectivity index (χ3n) is 2.53. The van der Waals surface area contributed by atoms with Gasteiger partial charge in [0.25, 0.3) is 10.0 Å². The summed E-state index contributed by atoms with van der Waals surface area (Å²) in [6.07, 6.45) is 0. The van der Waals surface area contributed by atoms with Crippen LogP contribution in [0.15, 0.2) is 47.4 Å². The fraction of sp³-hybridized carbons (Fsp3) is 0.0769. The molecule has 0 saturated heterocycles. The smallest absolute Gasteiger partial charge is 0.262 e. The van der Waals surface area contributed by atoms with Gasteiger partial charge in [-0.2, -0.15) is 0 Å². The van der Waals surface area contributed by atoms with Gasteiger partial charge in [-0.1, -0.05) is 11.6 Å². The van der Waals surface area contributed by atoms with Gasteiger partial charge < -0.3 is 4.74 Å². The van der Waals surface area contributed by atoms with Gasteiger partial charge in [0.1, 0.15) is 11.6 Å². The van der Waals surface area contributed by atoms with Crippen molar-refractivity contribution in [3.8, 4) is 5.75 Å². The Kier molecular flexibility index (Phi) is 4.15. The van der Waals surface area contributed by atoms with Crippen LogP contribution in [0.2, 0.25) is 5.02 Å².